The predicted molar refractivity (Wildman–Crippen MR) is 104 cm³/mol. The number of methoxy groups -OCH3 is 1. The summed E-state index contributed by atoms with van der Waals surface area (Å²) in [7, 11) is -6.27. The third kappa shape index (κ3) is 4.03. The van der Waals surface area contributed by atoms with Gasteiger partial charge in [-0.2, -0.15) is 4.31 Å². The monoisotopic (exact) mass is 447 g/mol. The highest BCUT2D eigenvalue weighted by Gasteiger charge is 2.36. The zero-order valence-corrected chi connectivity index (χ0v) is 17.4. The van der Waals surface area contributed by atoms with E-state index in [-0.39, 0.29) is 35.0 Å². The second-order valence-corrected chi connectivity index (χ2v) is 11.0. The lowest BCUT2D eigenvalue weighted by atomic mass is 10.1. The van der Waals surface area contributed by atoms with E-state index in [9.17, 15) is 21.2 Å². The van der Waals surface area contributed by atoms with Crippen molar-refractivity contribution in [3.8, 4) is 5.75 Å². The summed E-state index contributed by atoms with van der Waals surface area (Å²) in [5, 5.41) is -0.955. The molecule has 0 radical (unpaired) electrons. The van der Waals surface area contributed by atoms with Gasteiger partial charge in [0.2, 0.25) is 10.0 Å². The third-order valence-corrected chi connectivity index (χ3v) is 9.01. The van der Waals surface area contributed by atoms with E-state index in [1.54, 1.807) is 6.07 Å². The van der Waals surface area contributed by atoms with Crippen LogP contribution in [0.1, 0.15) is 17.2 Å². The molecular formula is C18H19ClFNO5S2. The van der Waals surface area contributed by atoms with Crippen LogP contribution < -0.4 is 4.74 Å². The number of ether oxygens (including phenoxy) is 1. The summed E-state index contributed by atoms with van der Waals surface area (Å²) < 4.78 is 71.6. The quantitative estimate of drug-likeness (QED) is 0.719. The van der Waals surface area contributed by atoms with Crippen LogP contribution in [0.3, 0.4) is 0 Å². The Hall–Kier alpha value is -1.68. The van der Waals surface area contributed by atoms with E-state index in [1.165, 1.54) is 43.5 Å². The van der Waals surface area contributed by atoms with Gasteiger partial charge in [-0.05, 0) is 30.7 Å². The average molecular weight is 448 g/mol. The Morgan fingerprint density at radius 1 is 1.18 bits per heavy atom. The van der Waals surface area contributed by atoms with Crippen LogP contribution in [0, 0.1) is 5.82 Å². The molecule has 0 aromatic heterocycles. The van der Waals surface area contributed by atoms with Crippen LogP contribution in [0.2, 0.25) is 5.02 Å². The van der Waals surface area contributed by atoms with Crippen molar-refractivity contribution in [1.82, 2.24) is 4.31 Å². The van der Waals surface area contributed by atoms with Crippen LogP contribution in [-0.2, 0) is 19.9 Å². The molecule has 0 bridgehead atoms. The molecule has 10 heteroatoms. The minimum Gasteiger partial charge on any atom is -0.495 e. The number of hydrogen-bond acceptors (Lipinski definition) is 5. The molecule has 1 aliphatic rings. The maximum Gasteiger partial charge on any atom is 0.243 e. The molecule has 152 valence electrons. The van der Waals surface area contributed by atoms with Gasteiger partial charge in [-0.3, -0.25) is 0 Å². The van der Waals surface area contributed by atoms with E-state index in [0.29, 0.717) is 5.75 Å². The Morgan fingerprint density at radius 2 is 1.89 bits per heavy atom. The van der Waals surface area contributed by atoms with Crippen molar-refractivity contribution in [2.45, 2.75) is 16.6 Å². The first kappa shape index (κ1) is 21.0. The zero-order chi connectivity index (χ0) is 20.5. The molecule has 2 aromatic carbocycles. The Balaban J connectivity index is 1.92. The molecular weight excluding hydrogens is 429 g/mol. The molecule has 3 rings (SSSR count). The van der Waals surface area contributed by atoms with Crippen molar-refractivity contribution >= 4 is 31.5 Å². The molecule has 1 saturated heterocycles. The maximum atomic E-state index is 14.1. The molecule has 0 N–H and O–H groups in total. The van der Waals surface area contributed by atoms with E-state index < -0.39 is 36.7 Å². The summed E-state index contributed by atoms with van der Waals surface area (Å²) in [5.74, 6) is -0.678. The highest BCUT2D eigenvalue weighted by molar-refractivity contribution is 7.92. The minimum absolute atomic E-state index is 0.0353. The van der Waals surface area contributed by atoms with Gasteiger partial charge in [0.15, 0.2) is 9.84 Å². The molecule has 1 unspecified atom stereocenters. The van der Waals surface area contributed by atoms with Gasteiger partial charge in [-0.15, -0.1) is 0 Å². The van der Waals surface area contributed by atoms with E-state index in [1.807, 2.05) is 0 Å². The lowest BCUT2D eigenvalue weighted by Crippen LogP contribution is -2.33. The predicted octanol–water partition coefficient (Wildman–Crippen LogP) is 3.04. The summed E-state index contributed by atoms with van der Waals surface area (Å²) in [5.41, 5.74) is 0.0641. The van der Waals surface area contributed by atoms with Crippen LogP contribution in [0.4, 0.5) is 4.39 Å². The lowest BCUT2D eigenvalue weighted by Gasteiger charge is -2.20. The van der Waals surface area contributed by atoms with Gasteiger partial charge in [-0.1, -0.05) is 29.8 Å². The third-order valence-electron chi connectivity index (χ3n) is 4.71. The topological polar surface area (TPSA) is 80.8 Å². The van der Waals surface area contributed by atoms with Gasteiger partial charge in [0.05, 0.1) is 28.0 Å². The number of rotatable bonds is 4. The largest absolute Gasteiger partial charge is 0.495 e. The number of hydrogen-bond donors (Lipinski definition) is 0. The highest BCUT2D eigenvalue weighted by Crippen LogP contribution is 2.33. The van der Waals surface area contributed by atoms with Crippen molar-refractivity contribution < 1.29 is 26.0 Å². The fourth-order valence-electron chi connectivity index (χ4n) is 3.21. The van der Waals surface area contributed by atoms with Crippen molar-refractivity contribution in [1.29, 1.82) is 0 Å². The maximum absolute atomic E-state index is 14.1. The molecule has 0 aliphatic carbocycles. The first-order chi connectivity index (χ1) is 13.2. The van der Waals surface area contributed by atoms with Gasteiger partial charge in [0.1, 0.15) is 11.6 Å². The summed E-state index contributed by atoms with van der Waals surface area (Å²) in [6, 6.07) is 9.72. The van der Waals surface area contributed by atoms with Crippen LogP contribution in [0.5, 0.6) is 5.75 Å². The molecule has 1 heterocycles. The van der Waals surface area contributed by atoms with Crippen molar-refractivity contribution in [3.63, 3.8) is 0 Å². The van der Waals surface area contributed by atoms with Gasteiger partial charge >= 0.3 is 0 Å². The molecule has 0 amide bonds. The lowest BCUT2D eigenvalue weighted by molar-refractivity contribution is 0.413. The Bertz CT molecular complexity index is 1090. The van der Waals surface area contributed by atoms with E-state index >= 15 is 0 Å². The Labute approximate surface area is 168 Å². The first-order valence-corrected chi connectivity index (χ1v) is 12.0. The molecule has 6 nitrogen and oxygen atoms in total. The molecule has 0 saturated carbocycles. The van der Waals surface area contributed by atoms with Crippen molar-refractivity contribution in [2.24, 2.45) is 0 Å². The molecule has 1 fully saturated rings. The summed E-state index contributed by atoms with van der Waals surface area (Å²) >= 11 is 6.03. The van der Waals surface area contributed by atoms with E-state index in [4.69, 9.17) is 16.3 Å². The average Bonchev–Trinajstić information content (AvgIpc) is 2.80. The standard InChI is InChI=1S/C18H19ClFNO5S2/c1-26-17-7-6-13(12-15(17)19)28(24,25)21-9-8-18(27(22,23)11-10-21)14-4-2-3-5-16(14)20/h2-7,12,18H,8-11H2,1H3. The summed E-state index contributed by atoms with van der Waals surface area (Å²) in [6.07, 6.45) is -0.0353. The summed E-state index contributed by atoms with van der Waals surface area (Å²) in [6.45, 7) is -0.260. The molecule has 1 aliphatic heterocycles. The number of sulfonamides is 1. The summed E-state index contributed by atoms with van der Waals surface area (Å²) in [4.78, 5) is -0.0555. The molecule has 2 aromatic rings. The normalized spacial score (nSPS) is 20.5. The number of halogens is 2. The fourth-order valence-corrected chi connectivity index (χ4v) is 6.93. The Morgan fingerprint density at radius 3 is 2.54 bits per heavy atom. The number of nitrogens with zero attached hydrogens (tertiary/aromatic N) is 1. The molecule has 28 heavy (non-hydrogen) atoms. The minimum atomic E-state index is -3.96. The molecule has 1 atom stereocenters. The van der Waals surface area contributed by atoms with Crippen LogP contribution in [0.15, 0.2) is 47.4 Å². The van der Waals surface area contributed by atoms with Crippen LogP contribution in [0.25, 0.3) is 0 Å². The SMILES string of the molecule is COc1ccc(S(=O)(=O)N2CCC(c3ccccc3F)S(=O)(=O)CC2)cc1Cl. The Kier molecular flexibility index (Phi) is 6.00. The second-order valence-electron chi connectivity index (χ2n) is 6.37. The first-order valence-electron chi connectivity index (χ1n) is 8.46. The van der Waals surface area contributed by atoms with Crippen LogP contribution >= 0.6 is 11.6 Å². The van der Waals surface area contributed by atoms with Gasteiger partial charge in [0, 0.05) is 18.7 Å². The van der Waals surface area contributed by atoms with Crippen molar-refractivity contribution in [3.05, 3.63) is 58.9 Å². The fraction of sp³-hybridized carbons (Fsp3) is 0.333. The van der Waals surface area contributed by atoms with Crippen LogP contribution in [-0.4, -0.2) is 47.1 Å². The van der Waals surface area contributed by atoms with E-state index in [0.717, 1.165) is 4.31 Å². The molecule has 0 spiro atoms. The zero-order valence-electron chi connectivity index (χ0n) is 15.0. The van der Waals surface area contributed by atoms with Gasteiger partial charge in [-0.25, -0.2) is 21.2 Å². The van der Waals surface area contributed by atoms with Crippen molar-refractivity contribution in [2.75, 3.05) is 26.0 Å². The van der Waals surface area contributed by atoms with Gasteiger partial charge < -0.3 is 4.74 Å². The van der Waals surface area contributed by atoms with E-state index in [2.05, 4.69) is 0 Å². The smallest absolute Gasteiger partial charge is 0.243 e. The second kappa shape index (κ2) is 7.98. The van der Waals surface area contributed by atoms with Gasteiger partial charge in [0.25, 0.3) is 0 Å². The number of sulfone groups is 1. The highest BCUT2D eigenvalue weighted by atomic mass is 35.5. The number of benzene rings is 2.